The molecule has 0 radical (unpaired) electrons. The molecule has 5 heteroatoms. The second-order valence-electron chi connectivity index (χ2n) is 7.01. The Kier molecular flexibility index (Phi) is 7.21. The van der Waals surface area contributed by atoms with Gasteiger partial charge >= 0.3 is 0 Å². The molecule has 2 aromatic carbocycles. The standard InChI is InChI=1S/C23H29ClN2O2/c1-4-6-7-8-20-22(16-9-11-17(24)12-10-16)26-23(25-20)19-14-13-18(27-3)15-21(19)28-5-2/h9-15,20,22H,4-8H2,1-3H3,(H,25,26). The number of ether oxygens (including phenoxy) is 2. The second-order valence-corrected chi connectivity index (χ2v) is 7.45. The van der Waals surface area contributed by atoms with Gasteiger partial charge in [0.1, 0.15) is 17.3 Å². The predicted molar refractivity (Wildman–Crippen MR) is 116 cm³/mol. The number of amidine groups is 1. The fourth-order valence-corrected chi connectivity index (χ4v) is 3.70. The largest absolute Gasteiger partial charge is 0.497 e. The molecule has 0 fully saturated rings. The van der Waals surface area contributed by atoms with Gasteiger partial charge in [-0.3, -0.25) is 4.99 Å². The van der Waals surface area contributed by atoms with Crippen molar-refractivity contribution in [2.24, 2.45) is 4.99 Å². The van der Waals surface area contributed by atoms with Crippen LogP contribution in [-0.4, -0.2) is 25.6 Å². The van der Waals surface area contributed by atoms with Gasteiger partial charge in [0.2, 0.25) is 0 Å². The molecule has 2 aromatic rings. The van der Waals surface area contributed by atoms with Gasteiger partial charge in [0.05, 0.1) is 31.4 Å². The topological polar surface area (TPSA) is 42.9 Å². The average molecular weight is 401 g/mol. The summed E-state index contributed by atoms with van der Waals surface area (Å²) < 4.78 is 11.2. The van der Waals surface area contributed by atoms with Gasteiger partial charge in [-0.25, -0.2) is 0 Å². The molecule has 0 saturated carbocycles. The van der Waals surface area contributed by atoms with Crippen LogP contribution in [0.4, 0.5) is 0 Å². The molecule has 0 bridgehead atoms. The summed E-state index contributed by atoms with van der Waals surface area (Å²) >= 11 is 6.09. The van der Waals surface area contributed by atoms with Crippen molar-refractivity contribution in [1.29, 1.82) is 0 Å². The van der Waals surface area contributed by atoms with Crippen molar-refractivity contribution in [3.63, 3.8) is 0 Å². The van der Waals surface area contributed by atoms with E-state index in [1.165, 1.54) is 24.8 Å². The van der Waals surface area contributed by atoms with Crippen molar-refractivity contribution in [3.05, 3.63) is 58.6 Å². The molecule has 0 saturated heterocycles. The zero-order valence-electron chi connectivity index (χ0n) is 16.9. The minimum Gasteiger partial charge on any atom is -0.497 e. The van der Waals surface area contributed by atoms with Crippen LogP contribution in [-0.2, 0) is 0 Å². The summed E-state index contributed by atoms with van der Waals surface area (Å²) in [5.74, 6) is 2.45. The molecule has 0 aliphatic carbocycles. The van der Waals surface area contributed by atoms with Crippen LogP contribution in [0.5, 0.6) is 11.5 Å². The van der Waals surface area contributed by atoms with Crippen LogP contribution in [0.3, 0.4) is 0 Å². The second kappa shape index (κ2) is 9.83. The highest BCUT2D eigenvalue weighted by atomic mass is 35.5. The Labute approximate surface area is 172 Å². The van der Waals surface area contributed by atoms with Crippen molar-refractivity contribution in [2.75, 3.05) is 13.7 Å². The number of halogens is 1. The molecule has 0 aromatic heterocycles. The molecule has 28 heavy (non-hydrogen) atoms. The van der Waals surface area contributed by atoms with Crippen LogP contribution in [0.25, 0.3) is 0 Å². The minimum absolute atomic E-state index is 0.140. The van der Waals surface area contributed by atoms with E-state index in [1.807, 2.05) is 37.3 Å². The highest BCUT2D eigenvalue weighted by Gasteiger charge is 2.31. The van der Waals surface area contributed by atoms with E-state index in [-0.39, 0.29) is 12.1 Å². The maximum atomic E-state index is 6.09. The maximum Gasteiger partial charge on any atom is 0.133 e. The number of hydrogen-bond donors (Lipinski definition) is 1. The number of nitrogens with zero attached hydrogens (tertiary/aromatic N) is 1. The lowest BCUT2D eigenvalue weighted by Gasteiger charge is -2.20. The monoisotopic (exact) mass is 400 g/mol. The third-order valence-electron chi connectivity index (χ3n) is 5.05. The van der Waals surface area contributed by atoms with E-state index in [0.717, 1.165) is 34.3 Å². The summed E-state index contributed by atoms with van der Waals surface area (Å²) in [5, 5.41) is 4.39. The van der Waals surface area contributed by atoms with Gasteiger partial charge in [-0.05, 0) is 43.2 Å². The van der Waals surface area contributed by atoms with E-state index in [2.05, 4.69) is 24.4 Å². The van der Waals surface area contributed by atoms with E-state index in [0.29, 0.717) is 6.61 Å². The van der Waals surface area contributed by atoms with Gasteiger partial charge in [0.25, 0.3) is 0 Å². The molecule has 3 rings (SSSR count). The summed E-state index contributed by atoms with van der Waals surface area (Å²) in [6.07, 6.45) is 4.65. The third-order valence-corrected chi connectivity index (χ3v) is 5.30. The van der Waals surface area contributed by atoms with E-state index >= 15 is 0 Å². The smallest absolute Gasteiger partial charge is 0.133 e. The molecular formula is C23H29ClN2O2. The van der Waals surface area contributed by atoms with E-state index in [4.69, 9.17) is 26.1 Å². The Morgan fingerprint density at radius 3 is 2.54 bits per heavy atom. The molecule has 4 nitrogen and oxygen atoms in total. The Bertz CT molecular complexity index is 805. The van der Waals surface area contributed by atoms with Crippen LogP contribution < -0.4 is 14.8 Å². The zero-order chi connectivity index (χ0) is 19.9. The van der Waals surface area contributed by atoms with Gasteiger partial charge < -0.3 is 14.8 Å². The molecule has 2 atom stereocenters. The molecule has 0 amide bonds. The molecule has 2 unspecified atom stereocenters. The molecule has 150 valence electrons. The van der Waals surface area contributed by atoms with Crippen LogP contribution in [0.2, 0.25) is 5.02 Å². The molecule has 1 N–H and O–H groups in total. The van der Waals surface area contributed by atoms with Gasteiger partial charge in [-0.2, -0.15) is 0 Å². The molecular weight excluding hydrogens is 372 g/mol. The van der Waals surface area contributed by atoms with E-state index in [9.17, 15) is 0 Å². The lowest BCUT2D eigenvalue weighted by Crippen LogP contribution is -2.27. The lowest BCUT2D eigenvalue weighted by atomic mass is 9.96. The molecule has 0 spiro atoms. The summed E-state index contributed by atoms with van der Waals surface area (Å²) in [7, 11) is 1.66. The van der Waals surface area contributed by atoms with E-state index < -0.39 is 0 Å². The Hall–Kier alpha value is -2.20. The molecule has 1 aliphatic rings. The lowest BCUT2D eigenvalue weighted by molar-refractivity contribution is 0.335. The van der Waals surface area contributed by atoms with Crippen LogP contribution in [0, 0.1) is 0 Å². The molecule has 1 heterocycles. The van der Waals surface area contributed by atoms with Crippen molar-refractivity contribution >= 4 is 17.4 Å². The van der Waals surface area contributed by atoms with Crippen LogP contribution >= 0.6 is 11.6 Å². The summed E-state index contributed by atoms with van der Waals surface area (Å²) in [6.45, 7) is 4.80. The Morgan fingerprint density at radius 1 is 1.07 bits per heavy atom. The number of nitrogens with one attached hydrogen (secondary N) is 1. The van der Waals surface area contributed by atoms with Gasteiger partial charge in [0.15, 0.2) is 0 Å². The summed E-state index contributed by atoms with van der Waals surface area (Å²) in [4.78, 5) is 5.06. The number of hydrogen-bond acceptors (Lipinski definition) is 4. The maximum absolute atomic E-state index is 6.09. The first-order valence-corrected chi connectivity index (χ1v) is 10.4. The SMILES string of the molecule is CCCCCC1N=C(c2ccc(OC)cc2OCC)NC1c1ccc(Cl)cc1. The highest BCUT2D eigenvalue weighted by molar-refractivity contribution is 6.30. The molecule has 1 aliphatic heterocycles. The number of unbranched alkanes of at least 4 members (excludes halogenated alkanes) is 2. The van der Waals surface area contributed by atoms with E-state index in [1.54, 1.807) is 7.11 Å². The normalized spacial score (nSPS) is 18.5. The quantitative estimate of drug-likeness (QED) is 0.542. The number of rotatable bonds is 9. The minimum atomic E-state index is 0.140. The predicted octanol–water partition coefficient (Wildman–Crippen LogP) is 5.79. The third kappa shape index (κ3) is 4.79. The number of aliphatic imine (C=N–C) groups is 1. The Morgan fingerprint density at radius 2 is 1.86 bits per heavy atom. The van der Waals surface area contributed by atoms with Gasteiger partial charge in [-0.1, -0.05) is 49.9 Å². The van der Waals surface area contributed by atoms with Crippen molar-refractivity contribution in [1.82, 2.24) is 5.32 Å². The fourth-order valence-electron chi connectivity index (χ4n) is 3.58. The highest BCUT2D eigenvalue weighted by Crippen LogP contribution is 2.33. The first-order chi connectivity index (χ1) is 13.7. The average Bonchev–Trinajstić information content (AvgIpc) is 3.13. The summed E-state index contributed by atoms with van der Waals surface area (Å²) in [6, 6.07) is 14.3. The number of benzene rings is 2. The van der Waals surface area contributed by atoms with Crippen LogP contribution in [0.1, 0.15) is 56.7 Å². The van der Waals surface area contributed by atoms with Crippen molar-refractivity contribution < 1.29 is 9.47 Å². The van der Waals surface area contributed by atoms with Crippen LogP contribution in [0.15, 0.2) is 47.5 Å². The van der Waals surface area contributed by atoms with Gasteiger partial charge in [-0.15, -0.1) is 0 Å². The first-order valence-electron chi connectivity index (χ1n) is 10.1. The Balaban J connectivity index is 1.90. The number of methoxy groups -OCH3 is 1. The first kappa shape index (κ1) is 20.5. The fraction of sp³-hybridized carbons (Fsp3) is 0.435. The zero-order valence-corrected chi connectivity index (χ0v) is 17.6. The van der Waals surface area contributed by atoms with Gasteiger partial charge in [0, 0.05) is 11.1 Å². The summed E-state index contributed by atoms with van der Waals surface area (Å²) in [5.41, 5.74) is 2.18. The van der Waals surface area contributed by atoms with Crippen molar-refractivity contribution in [3.8, 4) is 11.5 Å². The van der Waals surface area contributed by atoms with Crippen molar-refractivity contribution in [2.45, 2.75) is 51.6 Å².